The maximum atomic E-state index is 12.5. The molecule has 4 aromatic rings. The number of hydrogen-bond donors (Lipinski definition) is 1. The summed E-state index contributed by atoms with van der Waals surface area (Å²) in [5, 5.41) is 18.7. The number of rotatable bonds is 12. The Balaban J connectivity index is 1.55. The van der Waals surface area contributed by atoms with E-state index in [0.29, 0.717) is 24.5 Å². The highest BCUT2D eigenvalue weighted by atomic mass is 16.1. The number of aryl methyl sites for hydroxylation is 1. The maximum Gasteiger partial charge on any atom is 0.217 e. The number of hydrogen-bond acceptors (Lipinski definition) is 7. The van der Waals surface area contributed by atoms with Gasteiger partial charge in [-0.3, -0.25) is 9.78 Å². The van der Waals surface area contributed by atoms with Crippen molar-refractivity contribution in [2.75, 3.05) is 0 Å². The van der Waals surface area contributed by atoms with E-state index in [4.69, 9.17) is 0 Å². The molecule has 0 amide bonds. The Hall–Kier alpha value is -3.75. The maximum absolute atomic E-state index is 12.5. The van der Waals surface area contributed by atoms with Crippen LogP contribution >= 0.6 is 0 Å². The zero-order chi connectivity index (χ0) is 23.8. The molecular formula is C25H30N8O. The minimum absolute atomic E-state index is 0.0253. The van der Waals surface area contributed by atoms with Gasteiger partial charge in [0.1, 0.15) is 5.82 Å². The van der Waals surface area contributed by atoms with E-state index < -0.39 is 0 Å². The van der Waals surface area contributed by atoms with Gasteiger partial charge in [0.05, 0.1) is 5.69 Å². The highest BCUT2D eigenvalue weighted by molar-refractivity contribution is 5.92. The third-order valence-corrected chi connectivity index (χ3v) is 5.73. The molecule has 4 rings (SSSR count). The fourth-order valence-corrected chi connectivity index (χ4v) is 3.83. The van der Waals surface area contributed by atoms with Crippen LogP contribution in [-0.2, 0) is 13.0 Å². The van der Waals surface area contributed by atoms with Crippen molar-refractivity contribution in [3.63, 3.8) is 0 Å². The molecule has 3 aromatic heterocycles. The van der Waals surface area contributed by atoms with E-state index in [1.54, 1.807) is 6.20 Å². The van der Waals surface area contributed by atoms with Gasteiger partial charge in [0.15, 0.2) is 5.82 Å². The van der Waals surface area contributed by atoms with Gasteiger partial charge in [0, 0.05) is 36.7 Å². The van der Waals surface area contributed by atoms with Crippen LogP contribution in [0.5, 0.6) is 0 Å². The van der Waals surface area contributed by atoms with Crippen LogP contribution in [0.1, 0.15) is 74.4 Å². The minimum atomic E-state index is 0.0253. The third-order valence-electron chi connectivity index (χ3n) is 5.73. The molecule has 1 N–H and O–H groups in total. The molecule has 9 nitrogen and oxygen atoms in total. The Bertz CT molecular complexity index is 1200. The zero-order valence-corrected chi connectivity index (χ0v) is 19.7. The summed E-state index contributed by atoms with van der Waals surface area (Å²) in [6.45, 7) is 5.03. The number of carbonyl (C=O) groups is 1. The number of unbranched alkanes of at least 4 members (excludes halogenated alkanes) is 3. The van der Waals surface area contributed by atoms with Gasteiger partial charge >= 0.3 is 0 Å². The molecule has 0 aliphatic rings. The van der Waals surface area contributed by atoms with Crippen LogP contribution in [0.4, 0.5) is 0 Å². The molecule has 0 spiro atoms. The number of tetrazole rings is 1. The van der Waals surface area contributed by atoms with Crippen molar-refractivity contribution in [1.82, 2.24) is 40.4 Å². The number of nitrogens with one attached hydrogen (secondary N) is 1. The van der Waals surface area contributed by atoms with Crippen molar-refractivity contribution in [2.24, 2.45) is 0 Å². The molecule has 0 aliphatic carbocycles. The average Bonchev–Trinajstić information content (AvgIpc) is 3.54. The van der Waals surface area contributed by atoms with Gasteiger partial charge in [-0.05, 0) is 41.0 Å². The second-order valence-corrected chi connectivity index (χ2v) is 8.33. The Kier molecular flexibility index (Phi) is 7.85. The van der Waals surface area contributed by atoms with E-state index in [1.165, 1.54) is 0 Å². The first-order chi connectivity index (χ1) is 16.7. The van der Waals surface area contributed by atoms with E-state index in [2.05, 4.69) is 61.7 Å². The van der Waals surface area contributed by atoms with Crippen molar-refractivity contribution < 1.29 is 4.79 Å². The van der Waals surface area contributed by atoms with Gasteiger partial charge < -0.3 is 0 Å². The predicted octanol–water partition coefficient (Wildman–Crippen LogP) is 4.67. The number of pyridine rings is 1. The van der Waals surface area contributed by atoms with Gasteiger partial charge in [-0.2, -0.15) is 0 Å². The Morgan fingerprint density at radius 3 is 2.59 bits per heavy atom. The first kappa shape index (κ1) is 23.4. The van der Waals surface area contributed by atoms with Gasteiger partial charge in [-0.1, -0.05) is 57.4 Å². The molecule has 0 atom stereocenters. The molecule has 0 fully saturated rings. The number of nitrogens with zero attached hydrogens (tertiary/aromatic N) is 7. The molecule has 0 aliphatic heterocycles. The highest BCUT2D eigenvalue weighted by Crippen LogP contribution is 2.28. The van der Waals surface area contributed by atoms with Crippen LogP contribution in [-0.4, -0.2) is 46.2 Å². The monoisotopic (exact) mass is 458 g/mol. The largest absolute Gasteiger partial charge is 0.291 e. The molecule has 9 heteroatoms. The molecular weight excluding hydrogens is 428 g/mol. The van der Waals surface area contributed by atoms with Crippen LogP contribution in [0.2, 0.25) is 0 Å². The van der Waals surface area contributed by atoms with Crippen LogP contribution in [0.15, 0.2) is 42.6 Å². The summed E-state index contributed by atoms with van der Waals surface area (Å²) in [7, 11) is 0. The summed E-state index contributed by atoms with van der Waals surface area (Å²) >= 11 is 0. The van der Waals surface area contributed by atoms with Gasteiger partial charge in [-0.25, -0.2) is 14.8 Å². The van der Waals surface area contributed by atoms with Crippen LogP contribution in [0, 0.1) is 0 Å². The first-order valence-corrected chi connectivity index (χ1v) is 11.9. The van der Waals surface area contributed by atoms with Crippen molar-refractivity contribution in [2.45, 2.75) is 65.3 Å². The van der Waals surface area contributed by atoms with Crippen molar-refractivity contribution in [1.29, 1.82) is 0 Å². The smallest absolute Gasteiger partial charge is 0.217 e. The van der Waals surface area contributed by atoms with Crippen LogP contribution in [0.3, 0.4) is 0 Å². The Labute approximate surface area is 199 Å². The lowest BCUT2D eigenvalue weighted by atomic mass is 10.0. The molecule has 3 heterocycles. The van der Waals surface area contributed by atoms with Crippen molar-refractivity contribution >= 4 is 5.78 Å². The van der Waals surface area contributed by atoms with Crippen LogP contribution in [0.25, 0.3) is 22.6 Å². The summed E-state index contributed by atoms with van der Waals surface area (Å²) in [6, 6.07) is 12.0. The molecule has 0 bridgehead atoms. The molecule has 0 saturated heterocycles. The summed E-state index contributed by atoms with van der Waals surface area (Å²) < 4.78 is 1.91. The second kappa shape index (κ2) is 11.4. The zero-order valence-electron chi connectivity index (χ0n) is 19.7. The van der Waals surface area contributed by atoms with E-state index in [9.17, 15) is 4.79 Å². The average molecular weight is 459 g/mol. The molecule has 0 radical (unpaired) electrons. The summed E-state index contributed by atoms with van der Waals surface area (Å²) in [6.07, 6.45) is 7.98. The quantitative estimate of drug-likeness (QED) is 0.242. The lowest BCUT2D eigenvalue weighted by Crippen LogP contribution is -2.07. The molecule has 34 heavy (non-hydrogen) atoms. The highest BCUT2D eigenvalue weighted by Gasteiger charge is 2.17. The fraction of sp³-hybridized carbons (Fsp3) is 0.400. The van der Waals surface area contributed by atoms with Gasteiger partial charge in [0.25, 0.3) is 0 Å². The van der Waals surface area contributed by atoms with E-state index in [1.807, 2.05) is 28.9 Å². The number of aromatic amines is 1. The van der Waals surface area contributed by atoms with Crippen LogP contribution < -0.4 is 0 Å². The minimum Gasteiger partial charge on any atom is -0.291 e. The number of ketones is 1. The van der Waals surface area contributed by atoms with E-state index in [-0.39, 0.29) is 5.78 Å². The van der Waals surface area contributed by atoms with Gasteiger partial charge in [0.2, 0.25) is 11.6 Å². The number of Topliss-reactive ketones (excluding diaryl/α,β-unsaturated/α-hetero) is 1. The molecule has 0 unspecified atom stereocenters. The molecule has 0 saturated carbocycles. The van der Waals surface area contributed by atoms with Crippen molar-refractivity contribution in [3.05, 3.63) is 59.8 Å². The first-order valence-electron chi connectivity index (χ1n) is 11.9. The lowest BCUT2D eigenvalue weighted by molar-refractivity contribution is 0.0969. The summed E-state index contributed by atoms with van der Waals surface area (Å²) in [5.41, 5.74) is 3.71. The summed E-state index contributed by atoms with van der Waals surface area (Å²) in [5.74, 6) is 1.77. The number of aromatic nitrogens is 8. The lowest BCUT2D eigenvalue weighted by Gasteiger charge is -2.08. The number of benzene rings is 1. The topological polar surface area (TPSA) is 115 Å². The molecule has 176 valence electrons. The number of carbonyl (C=O) groups excluding carboxylic acids is 1. The Morgan fingerprint density at radius 2 is 1.85 bits per heavy atom. The third kappa shape index (κ3) is 5.59. The standard InChI is InChI=1S/C25H30N8O/c1-3-5-7-16-33-22(27-25(30-33)21(34)10-6-4-2)17-18-11-13-19(14-12-18)23-20(9-8-15-26-23)24-28-31-32-29-24/h8-9,11-15H,3-7,10,16-17H2,1-2H3,(H,28,29,31,32). The number of H-pyrrole nitrogens is 1. The Morgan fingerprint density at radius 1 is 1.03 bits per heavy atom. The normalized spacial score (nSPS) is 11.1. The van der Waals surface area contributed by atoms with E-state index >= 15 is 0 Å². The van der Waals surface area contributed by atoms with Gasteiger partial charge in [-0.15, -0.1) is 10.2 Å². The summed E-state index contributed by atoms with van der Waals surface area (Å²) in [4.78, 5) is 21.7. The molecule has 1 aromatic carbocycles. The van der Waals surface area contributed by atoms with E-state index in [0.717, 1.165) is 66.9 Å². The second-order valence-electron chi connectivity index (χ2n) is 8.33. The SMILES string of the molecule is CCCCCn1nc(C(=O)CCCC)nc1Cc1ccc(-c2ncccc2-c2nnn[nH]2)cc1. The van der Waals surface area contributed by atoms with Crippen molar-refractivity contribution in [3.8, 4) is 22.6 Å². The fourth-order valence-electron chi connectivity index (χ4n) is 3.83. The predicted molar refractivity (Wildman–Crippen MR) is 129 cm³/mol.